The van der Waals surface area contributed by atoms with Crippen molar-refractivity contribution in [3.8, 4) is 22.6 Å². The Labute approximate surface area is 159 Å². The van der Waals surface area contributed by atoms with Crippen LogP contribution >= 0.6 is 11.8 Å². The van der Waals surface area contributed by atoms with Gasteiger partial charge in [-0.05, 0) is 23.9 Å². The maximum Gasteiger partial charge on any atom is 0.244 e. The summed E-state index contributed by atoms with van der Waals surface area (Å²) in [5.41, 5.74) is -2.31. The lowest BCUT2D eigenvalue weighted by molar-refractivity contribution is 0.0171. The lowest BCUT2D eigenvalue weighted by Crippen LogP contribution is -2.52. The van der Waals surface area contributed by atoms with E-state index >= 15 is 0 Å². The number of nitrogens with zero attached hydrogens (tertiary/aromatic N) is 3. The Morgan fingerprint density at radius 3 is 2.36 bits per heavy atom. The number of aliphatic hydroxyl groups excluding tert-OH is 1. The van der Waals surface area contributed by atoms with Crippen molar-refractivity contribution >= 4 is 11.8 Å². The molecule has 0 radical (unpaired) electrons. The van der Waals surface area contributed by atoms with Crippen molar-refractivity contribution in [1.29, 1.82) is 5.26 Å². The molecule has 0 spiro atoms. The molecule has 5 N–H and O–H groups in total. The highest BCUT2D eigenvalue weighted by molar-refractivity contribution is 8.03. The zero-order valence-electron chi connectivity index (χ0n) is 13.7. The predicted molar refractivity (Wildman–Crippen MR) is 90.4 cm³/mol. The molecule has 11 nitrogen and oxygen atoms in total. The third-order valence-corrected chi connectivity index (χ3v) is 4.85. The molecule has 1 heterocycles. The lowest BCUT2D eigenvalue weighted by Gasteiger charge is -2.31. The highest BCUT2D eigenvalue weighted by Crippen LogP contribution is 2.41. The number of aliphatic hydroxyl groups is 1. The Balaban J connectivity index is 2.26. The largest absolute Gasteiger partial charge is 0.504 e. The SMILES string of the molecule is N#CSc1cc(O)c(O)cc1[C@H]1Oc2c(c(=O)/c(=N/O)c(=O)/c2=N/O)C[C@@H]1O. The molecule has 12 heteroatoms. The average molecular weight is 405 g/mol. The first-order chi connectivity index (χ1) is 13.3. The van der Waals surface area contributed by atoms with Gasteiger partial charge in [0.05, 0.1) is 6.10 Å². The van der Waals surface area contributed by atoms with Crippen molar-refractivity contribution in [2.45, 2.75) is 23.5 Å². The van der Waals surface area contributed by atoms with Crippen LogP contribution in [0.15, 0.2) is 36.9 Å². The lowest BCUT2D eigenvalue weighted by atomic mass is 9.93. The molecule has 144 valence electrons. The number of rotatable bonds is 2. The second kappa shape index (κ2) is 7.22. The molecule has 0 aromatic heterocycles. The molecule has 0 saturated carbocycles. The quantitative estimate of drug-likeness (QED) is 0.134. The van der Waals surface area contributed by atoms with Crippen LogP contribution in [0.4, 0.5) is 0 Å². The second-order valence-electron chi connectivity index (χ2n) is 5.75. The Morgan fingerprint density at radius 1 is 1.11 bits per heavy atom. The van der Waals surface area contributed by atoms with E-state index in [1.807, 2.05) is 0 Å². The number of benzene rings is 2. The maximum absolute atomic E-state index is 12.3. The third kappa shape index (κ3) is 2.92. The number of aromatic hydroxyl groups is 2. The average Bonchev–Trinajstić information content (AvgIpc) is 2.66. The van der Waals surface area contributed by atoms with Crippen molar-refractivity contribution in [3.63, 3.8) is 0 Å². The van der Waals surface area contributed by atoms with Gasteiger partial charge in [0.2, 0.25) is 10.9 Å². The van der Waals surface area contributed by atoms with Gasteiger partial charge in [0.1, 0.15) is 5.40 Å². The fourth-order valence-electron chi connectivity index (χ4n) is 2.93. The molecule has 28 heavy (non-hydrogen) atoms. The van der Waals surface area contributed by atoms with Crippen molar-refractivity contribution in [3.05, 3.63) is 54.4 Å². The van der Waals surface area contributed by atoms with Gasteiger partial charge in [0, 0.05) is 22.4 Å². The van der Waals surface area contributed by atoms with E-state index in [9.17, 15) is 24.9 Å². The van der Waals surface area contributed by atoms with E-state index in [0.717, 1.165) is 12.1 Å². The van der Waals surface area contributed by atoms with E-state index < -0.39 is 51.0 Å². The Kier molecular flexibility index (Phi) is 4.95. The smallest absolute Gasteiger partial charge is 0.244 e. The molecule has 3 rings (SSSR count). The van der Waals surface area contributed by atoms with E-state index in [2.05, 4.69) is 10.3 Å². The molecule has 0 saturated heterocycles. The van der Waals surface area contributed by atoms with Crippen molar-refractivity contribution in [2.75, 3.05) is 0 Å². The van der Waals surface area contributed by atoms with Crippen molar-refractivity contribution < 1.29 is 30.5 Å². The number of ether oxygens (including phenoxy) is 1. The van der Waals surface area contributed by atoms with Crippen LogP contribution in [0.2, 0.25) is 0 Å². The van der Waals surface area contributed by atoms with Crippen LogP contribution < -0.4 is 26.3 Å². The van der Waals surface area contributed by atoms with Gasteiger partial charge in [-0.1, -0.05) is 10.3 Å². The summed E-state index contributed by atoms with van der Waals surface area (Å²) in [6.45, 7) is 0. The highest BCUT2D eigenvalue weighted by atomic mass is 32.2. The van der Waals surface area contributed by atoms with E-state index in [4.69, 9.17) is 20.4 Å². The van der Waals surface area contributed by atoms with Crippen LogP contribution in [0.3, 0.4) is 0 Å². The standard InChI is InChI=1S/C16H11N3O8S/c17-4-28-10-3-8(21)7(20)1-5(10)15-9(22)2-6-13(23)11(18-25)14(24)12(19-26)16(6)27-15/h1,3,9,15,20-22,25-26H,2H2/b18-11-,19-12-/t9-,15+/m0/s1. The minimum atomic E-state index is -1.38. The predicted octanol–water partition coefficient (Wildman–Crippen LogP) is -1.12. The van der Waals surface area contributed by atoms with Crippen LogP contribution in [0.25, 0.3) is 0 Å². The van der Waals surface area contributed by atoms with Crippen molar-refractivity contribution in [2.24, 2.45) is 10.3 Å². The topological polar surface area (TPSA) is 193 Å². The Morgan fingerprint density at radius 2 is 1.75 bits per heavy atom. The summed E-state index contributed by atoms with van der Waals surface area (Å²) in [6.07, 6.45) is -3.01. The summed E-state index contributed by atoms with van der Waals surface area (Å²) in [7, 11) is 0. The van der Waals surface area contributed by atoms with Crippen LogP contribution in [0, 0.1) is 10.7 Å². The van der Waals surface area contributed by atoms with Crippen LogP contribution in [-0.4, -0.2) is 31.8 Å². The van der Waals surface area contributed by atoms with Gasteiger partial charge in [-0.2, -0.15) is 5.26 Å². The molecule has 2 aromatic rings. The minimum absolute atomic E-state index is 0.0970. The van der Waals surface area contributed by atoms with Gasteiger partial charge in [-0.3, -0.25) is 9.59 Å². The normalized spacial score (nSPS) is 19.7. The van der Waals surface area contributed by atoms with Crippen LogP contribution in [-0.2, 0) is 6.42 Å². The first kappa shape index (κ1) is 19.2. The number of fused-ring (bicyclic) bond motifs is 1. The second-order valence-corrected chi connectivity index (χ2v) is 6.57. The first-order valence-electron chi connectivity index (χ1n) is 7.57. The van der Waals surface area contributed by atoms with E-state index in [1.165, 1.54) is 0 Å². The Bertz CT molecular complexity index is 1230. The monoisotopic (exact) mass is 405 g/mol. The number of thioether (sulfide) groups is 1. The van der Waals surface area contributed by atoms with Gasteiger partial charge in [-0.15, -0.1) is 0 Å². The molecule has 0 amide bonds. The number of hydrogen-bond acceptors (Lipinski definition) is 12. The zero-order chi connectivity index (χ0) is 20.6. The first-order valence-corrected chi connectivity index (χ1v) is 8.39. The molecule has 2 atom stereocenters. The fourth-order valence-corrected chi connectivity index (χ4v) is 3.49. The fraction of sp³-hybridized carbons (Fsp3) is 0.188. The van der Waals surface area contributed by atoms with E-state index in [1.54, 1.807) is 5.40 Å². The molecule has 0 fully saturated rings. The molecule has 1 aliphatic heterocycles. The summed E-state index contributed by atoms with van der Waals surface area (Å²) < 4.78 is 5.55. The van der Waals surface area contributed by atoms with Gasteiger partial charge < -0.3 is 30.5 Å². The number of nitriles is 1. The molecule has 0 unspecified atom stereocenters. The van der Waals surface area contributed by atoms with Gasteiger partial charge >= 0.3 is 0 Å². The summed E-state index contributed by atoms with van der Waals surface area (Å²) in [5.74, 6) is -1.47. The molecular weight excluding hydrogens is 394 g/mol. The molecular formula is C16H11N3O8S. The number of thiocyanates is 1. The van der Waals surface area contributed by atoms with Crippen molar-refractivity contribution in [1.82, 2.24) is 0 Å². The zero-order valence-corrected chi connectivity index (χ0v) is 14.5. The molecule has 2 aromatic carbocycles. The molecule has 0 aliphatic carbocycles. The van der Waals surface area contributed by atoms with Crippen LogP contribution in [0.1, 0.15) is 17.2 Å². The number of hydrogen-bond donors (Lipinski definition) is 5. The minimum Gasteiger partial charge on any atom is -0.504 e. The van der Waals surface area contributed by atoms with E-state index in [0.29, 0.717) is 11.8 Å². The maximum atomic E-state index is 12.3. The van der Waals surface area contributed by atoms with Gasteiger partial charge in [0.15, 0.2) is 34.1 Å². The third-order valence-electron chi connectivity index (χ3n) is 4.19. The molecule has 0 bridgehead atoms. The highest BCUT2D eigenvalue weighted by Gasteiger charge is 2.36. The van der Waals surface area contributed by atoms with E-state index in [-0.39, 0.29) is 22.4 Å². The van der Waals surface area contributed by atoms with Crippen LogP contribution in [0.5, 0.6) is 17.2 Å². The number of phenolic OH excluding ortho intramolecular Hbond substituents is 2. The Hall–Kier alpha value is -3.56. The van der Waals surface area contributed by atoms with Gasteiger partial charge in [-0.25, -0.2) is 0 Å². The summed E-state index contributed by atoms with van der Waals surface area (Å²) in [6, 6.07) is 2.16. The molecule has 1 aliphatic rings. The number of phenols is 2. The summed E-state index contributed by atoms with van der Waals surface area (Å²) >= 11 is 0.623. The summed E-state index contributed by atoms with van der Waals surface area (Å²) in [4.78, 5) is 24.6. The van der Waals surface area contributed by atoms with Gasteiger partial charge in [0.25, 0.3) is 0 Å². The summed E-state index contributed by atoms with van der Waals surface area (Å²) in [5, 5.41) is 62.5.